The highest BCUT2D eigenvalue weighted by atomic mass is 79.9. The Morgan fingerprint density at radius 3 is 2.79 bits per heavy atom. The van der Waals surface area contributed by atoms with Gasteiger partial charge in [-0.25, -0.2) is 0 Å². The summed E-state index contributed by atoms with van der Waals surface area (Å²) in [4.78, 5) is 0. The van der Waals surface area contributed by atoms with E-state index in [9.17, 15) is 0 Å². The number of hydrogen-bond acceptors (Lipinski definition) is 3. The molecule has 0 radical (unpaired) electrons. The van der Waals surface area contributed by atoms with Crippen molar-refractivity contribution in [2.45, 2.75) is 13.3 Å². The fourth-order valence-corrected chi connectivity index (χ4v) is 2.90. The van der Waals surface area contributed by atoms with E-state index >= 15 is 0 Å². The molecular formula is C14H18BrN3O. The van der Waals surface area contributed by atoms with E-state index in [2.05, 4.69) is 34.0 Å². The molecule has 2 N–H and O–H groups in total. The van der Waals surface area contributed by atoms with Crippen LogP contribution in [0.1, 0.15) is 11.3 Å². The van der Waals surface area contributed by atoms with Crippen LogP contribution < -0.4 is 10.5 Å². The molecule has 0 amide bonds. The third-order valence-electron chi connectivity index (χ3n) is 3.05. The molecule has 0 aliphatic rings. The largest absolute Gasteiger partial charge is 0.496 e. The summed E-state index contributed by atoms with van der Waals surface area (Å²) in [7, 11) is 3.61. The van der Waals surface area contributed by atoms with Crippen molar-refractivity contribution in [3.05, 3.63) is 33.9 Å². The minimum atomic E-state index is 0.583. The van der Waals surface area contributed by atoms with E-state index in [0.717, 1.165) is 33.6 Å². The fourth-order valence-electron chi connectivity index (χ4n) is 2.15. The van der Waals surface area contributed by atoms with Crippen molar-refractivity contribution in [2.24, 2.45) is 12.8 Å². The highest BCUT2D eigenvalue weighted by molar-refractivity contribution is 9.10. The third-order valence-corrected chi connectivity index (χ3v) is 3.88. The summed E-state index contributed by atoms with van der Waals surface area (Å²) < 4.78 is 8.30. The Balaban J connectivity index is 2.61. The van der Waals surface area contributed by atoms with Crippen LogP contribution in [-0.2, 0) is 13.5 Å². The number of halogens is 1. The zero-order valence-corrected chi connectivity index (χ0v) is 13.0. The minimum absolute atomic E-state index is 0.583. The molecule has 0 unspecified atom stereocenters. The number of aryl methyl sites for hydroxylation is 2. The van der Waals surface area contributed by atoms with Gasteiger partial charge in [0, 0.05) is 19.0 Å². The molecule has 5 heteroatoms. The van der Waals surface area contributed by atoms with E-state index in [1.54, 1.807) is 7.11 Å². The van der Waals surface area contributed by atoms with Crippen LogP contribution in [0.25, 0.3) is 11.3 Å². The summed E-state index contributed by atoms with van der Waals surface area (Å²) >= 11 is 3.63. The lowest BCUT2D eigenvalue weighted by Crippen LogP contribution is -2.04. The highest BCUT2D eigenvalue weighted by Crippen LogP contribution is 2.37. The first-order valence-corrected chi connectivity index (χ1v) is 6.94. The van der Waals surface area contributed by atoms with Gasteiger partial charge in [-0.15, -0.1) is 0 Å². The van der Waals surface area contributed by atoms with E-state index in [4.69, 9.17) is 10.5 Å². The van der Waals surface area contributed by atoms with Crippen LogP contribution in [0.5, 0.6) is 5.75 Å². The highest BCUT2D eigenvalue weighted by Gasteiger charge is 2.18. The maximum Gasteiger partial charge on any atom is 0.128 e. The number of ether oxygens (including phenoxy) is 1. The molecule has 19 heavy (non-hydrogen) atoms. The summed E-state index contributed by atoms with van der Waals surface area (Å²) in [6.45, 7) is 2.65. The number of hydrogen-bond donors (Lipinski definition) is 1. The monoisotopic (exact) mass is 323 g/mol. The molecular weight excluding hydrogens is 306 g/mol. The Kier molecular flexibility index (Phi) is 4.27. The van der Waals surface area contributed by atoms with Crippen molar-refractivity contribution >= 4 is 15.9 Å². The van der Waals surface area contributed by atoms with Crippen molar-refractivity contribution < 1.29 is 4.74 Å². The van der Waals surface area contributed by atoms with Crippen molar-refractivity contribution in [3.8, 4) is 17.0 Å². The fraction of sp³-hybridized carbons (Fsp3) is 0.357. The molecule has 4 nitrogen and oxygen atoms in total. The van der Waals surface area contributed by atoms with Gasteiger partial charge in [0.15, 0.2) is 0 Å². The second-order valence-corrected chi connectivity index (χ2v) is 5.27. The van der Waals surface area contributed by atoms with E-state index in [1.807, 2.05) is 23.9 Å². The summed E-state index contributed by atoms with van der Waals surface area (Å²) in [5.41, 5.74) is 9.83. The standard InChI is InChI=1S/C14H18BrN3O/c1-9-4-5-12(19-3)10(8-9)14-13(15)11(6-7-16)17-18(14)2/h4-5,8H,6-7,16H2,1-3H3. The van der Waals surface area contributed by atoms with Crippen LogP contribution in [0.2, 0.25) is 0 Å². The normalized spacial score (nSPS) is 10.8. The van der Waals surface area contributed by atoms with E-state index in [-0.39, 0.29) is 0 Å². The number of benzene rings is 1. The van der Waals surface area contributed by atoms with Gasteiger partial charge >= 0.3 is 0 Å². The van der Waals surface area contributed by atoms with Gasteiger partial charge in [-0.1, -0.05) is 11.6 Å². The zero-order valence-electron chi connectivity index (χ0n) is 11.4. The maximum absolute atomic E-state index is 5.61. The van der Waals surface area contributed by atoms with Crippen LogP contribution in [0, 0.1) is 6.92 Å². The van der Waals surface area contributed by atoms with Crippen LogP contribution in [0.15, 0.2) is 22.7 Å². The lowest BCUT2D eigenvalue weighted by atomic mass is 10.1. The molecule has 0 fully saturated rings. The van der Waals surface area contributed by atoms with Crippen molar-refractivity contribution in [2.75, 3.05) is 13.7 Å². The molecule has 0 saturated carbocycles. The first-order chi connectivity index (χ1) is 9.08. The van der Waals surface area contributed by atoms with Crippen molar-refractivity contribution in [1.29, 1.82) is 0 Å². The smallest absolute Gasteiger partial charge is 0.128 e. The molecule has 0 atom stereocenters. The Morgan fingerprint density at radius 1 is 1.42 bits per heavy atom. The zero-order chi connectivity index (χ0) is 14.0. The molecule has 0 bridgehead atoms. The molecule has 1 aromatic heterocycles. The summed E-state index contributed by atoms with van der Waals surface area (Å²) in [5.74, 6) is 0.841. The lowest BCUT2D eigenvalue weighted by molar-refractivity contribution is 0.416. The number of nitrogens with two attached hydrogens (primary N) is 1. The van der Waals surface area contributed by atoms with Crippen LogP contribution in [0.4, 0.5) is 0 Å². The van der Waals surface area contributed by atoms with Gasteiger partial charge in [-0.2, -0.15) is 5.10 Å². The van der Waals surface area contributed by atoms with E-state index in [0.29, 0.717) is 6.54 Å². The molecule has 0 aliphatic carbocycles. The number of methoxy groups -OCH3 is 1. The first kappa shape index (κ1) is 14.1. The molecule has 0 spiro atoms. The van der Waals surface area contributed by atoms with Crippen LogP contribution in [0.3, 0.4) is 0 Å². The van der Waals surface area contributed by atoms with Gasteiger partial charge in [0.05, 0.1) is 23.0 Å². The topological polar surface area (TPSA) is 53.1 Å². The molecule has 0 aliphatic heterocycles. The SMILES string of the molecule is COc1ccc(C)cc1-c1c(Br)c(CCN)nn1C. The average molecular weight is 324 g/mol. The maximum atomic E-state index is 5.61. The minimum Gasteiger partial charge on any atom is -0.496 e. The molecule has 1 heterocycles. The summed E-state index contributed by atoms with van der Waals surface area (Å²) in [6, 6.07) is 6.12. The predicted molar refractivity (Wildman–Crippen MR) is 80.4 cm³/mol. The predicted octanol–water partition coefficient (Wildman–Crippen LogP) is 2.67. The average Bonchev–Trinajstić information content (AvgIpc) is 2.65. The molecule has 0 saturated heterocycles. The molecule has 1 aromatic carbocycles. The van der Waals surface area contributed by atoms with Gasteiger partial charge in [0.2, 0.25) is 0 Å². The van der Waals surface area contributed by atoms with Gasteiger partial charge < -0.3 is 10.5 Å². The molecule has 2 rings (SSSR count). The number of nitrogens with zero attached hydrogens (tertiary/aromatic N) is 2. The van der Waals surface area contributed by atoms with E-state index < -0.39 is 0 Å². The second-order valence-electron chi connectivity index (χ2n) is 4.48. The quantitative estimate of drug-likeness (QED) is 0.941. The van der Waals surface area contributed by atoms with Gasteiger partial charge in [-0.3, -0.25) is 4.68 Å². The number of aromatic nitrogens is 2. The van der Waals surface area contributed by atoms with Gasteiger partial charge in [-0.05, 0) is 41.5 Å². The van der Waals surface area contributed by atoms with Gasteiger partial charge in [0.1, 0.15) is 5.75 Å². The molecule has 102 valence electrons. The van der Waals surface area contributed by atoms with Crippen molar-refractivity contribution in [1.82, 2.24) is 9.78 Å². The van der Waals surface area contributed by atoms with Gasteiger partial charge in [0.25, 0.3) is 0 Å². The lowest BCUT2D eigenvalue weighted by Gasteiger charge is -2.10. The second kappa shape index (κ2) is 5.75. The summed E-state index contributed by atoms with van der Waals surface area (Å²) in [5, 5.41) is 4.52. The Bertz CT molecular complexity index is 593. The Labute approximate surface area is 121 Å². The Hall–Kier alpha value is -1.33. The van der Waals surface area contributed by atoms with Crippen LogP contribution >= 0.6 is 15.9 Å². The number of rotatable bonds is 4. The third kappa shape index (κ3) is 2.67. The van der Waals surface area contributed by atoms with Crippen LogP contribution in [-0.4, -0.2) is 23.4 Å². The summed E-state index contributed by atoms with van der Waals surface area (Å²) in [6.07, 6.45) is 0.753. The Morgan fingerprint density at radius 2 is 2.16 bits per heavy atom. The first-order valence-electron chi connectivity index (χ1n) is 6.15. The van der Waals surface area contributed by atoms with Crippen molar-refractivity contribution in [3.63, 3.8) is 0 Å². The van der Waals surface area contributed by atoms with E-state index in [1.165, 1.54) is 5.56 Å². The molecule has 2 aromatic rings.